The van der Waals surface area contributed by atoms with E-state index < -0.39 is 9.05 Å². The number of benzene rings is 1. The number of ether oxygens (including phenoxy) is 1. The Morgan fingerprint density at radius 2 is 2.00 bits per heavy atom. The van der Waals surface area contributed by atoms with E-state index in [1.807, 2.05) is 18.2 Å². The molecule has 8 heteroatoms. The molecule has 1 aliphatic heterocycles. The Kier molecular flexibility index (Phi) is 3.97. The Labute approximate surface area is 127 Å². The third-order valence-electron chi connectivity index (χ3n) is 3.42. The van der Waals surface area contributed by atoms with Crippen LogP contribution in [0.2, 0.25) is 0 Å². The van der Waals surface area contributed by atoms with Crippen LogP contribution in [-0.2, 0) is 13.8 Å². The van der Waals surface area contributed by atoms with Crippen molar-refractivity contribution in [1.29, 1.82) is 0 Å². The molecule has 0 N–H and O–H groups in total. The summed E-state index contributed by atoms with van der Waals surface area (Å²) in [6.07, 6.45) is 1.79. The molecular formula is C13H14ClN3O3S. The highest BCUT2D eigenvalue weighted by molar-refractivity contribution is 8.13. The fourth-order valence-electron chi connectivity index (χ4n) is 2.47. The van der Waals surface area contributed by atoms with Gasteiger partial charge in [-0.2, -0.15) is 0 Å². The summed E-state index contributed by atoms with van der Waals surface area (Å²) in [5.41, 5.74) is 0.669. The summed E-state index contributed by atoms with van der Waals surface area (Å²) in [6, 6.07) is 9.08. The van der Waals surface area contributed by atoms with Gasteiger partial charge in [0.2, 0.25) is 0 Å². The van der Waals surface area contributed by atoms with E-state index in [2.05, 4.69) is 10.2 Å². The lowest BCUT2D eigenvalue weighted by Gasteiger charge is -2.22. The number of aromatic nitrogens is 3. The predicted molar refractivity (Wildman–Crippen MR) is 77.2 cm³/mol. The SMILES string of the molecule is O=S(=O)(Cl)c1nnc(C2CCCOC2)n1-c1ccccc1. The molecule has 1 unspecified atom stereocenters. The molecule has 1 saturated heterocycles. The molecule has 6 nitrogen and oxygen atoms in total. The molecule has 1 atom stereocenters. The van der Waals surface area contributed by atoms with Crippen molar-refractivity contribution in [1.82, 2.24) is 14.8 Å². The van der Waals surface area contributed by atoms with E-state index in [1.54, 1.807) is 12.1 Å². The molecule has 2 aromatic rings. The zero-order chi connectivity index (χ0) is 14.9. The molecule has 0 aliphatic carbocycles. The fraction of sp³-hybridized carbons (Fsp3) is 0.385. The first-order valence-corrected chi connectivity index (χ1v) is 8.91. The Morgan fingerprint density at radius 3 is 2.62 bits per heavy atom. The zero-order valence-electron chi connectivity index (χ0n) is 11.1. The third kappa shape index (κ3) is 2.95. The van der Waals surface area contributed by atoms with Crippen molar-refractivity contribution in [3.8, 4) is 5.69 Å². The Bertz CT molecular complexity index is 724. The molecule has 0 amide bonds. The van der Waals surface area contributed by atoms with Crippen molar-refractivity contribution >= 4 is 19.7 Å². The lowest BCUT2D eigenvalue weighted by Crippen LogP contribution is -2.20. The van der Waals surface area contributed by atoms with Crippen molar-refractivity contribution in [2.45, 2.75) is 23.9 Å². The van der Waals surface area contributed by atoms with Crippen molar-refractivity contribution in [2.24, 2.45) is 0 Å². The maximum atomic E-state index is 11.7. The third-order valence-corrected chi connectivity index (χ3v) is 4.53. The van der Waals surface area contributed by atoms with Gasteiger partial charge in [0.1, 0.15) is 5.82 Å². The van der Waals surface area contributed by atoms with Crippen LogP contribution in [0, 0.1) is 0 Å². The molecule has 112 valence electrons. The number of para-hydroxylation sites is 1. The summed E-state index contributed by atoms with van der Waals surface area (Å²) >= 11 is 0. The topological polar surface area (TPSA) is 74.1 Å². The second-order valence-electron chi connectivity index (χ2n) is 4.86. The minimum atomic E-state index is -3.98. The first-order chi connectivity index (χ1) is 10.1. The van der Waals surface area contributed by atoms with E-state index in [4.69, 9.17) is 15.4 Å². The van der Waals surface area contributed by atoms with E-state index in [1.165, 1.54) is 4.57 Å². The highest BCUT2D eigenvalue weighted by Gasteiger charge is 2.29. The predicted octanol–water partition coefficient (Wildman–Crippen LogP) is 2.09. The van der Waals surface area contributed by atoms with Crippen LogP contribution in [0.1, 0.15) is 24.6 Å². The molecule has 0 radical (unpaired) electrons. The van der Waals surface area contributed by atoms with Crippen LogP contribution in [0.25, 0.3) is 5.69 Å². The number of hydrogen-bond donors (Lipinski definition) is 0. The van der Waals surface area contributed by atoms with E-state index in [0.717, 1.165) is 19.4 Å². The molecule has 1 aromatic carbocycles. The van der Waals surface area contributed by atoms with E-state index >= 15 is 0 Å². The van der Waals surface area contributed by atoms with Gasteiger partial charge >= 0.3 is 0 Å². The van der Waals surface area contributed by atoms with Gasteiger partial charge in [-0.1, -0.05) is 18.2 Å². The average molecular weight is 328 g/mol. The molecule has 1 aliphatic rings. The van der Waals surface area contributed by atoms with Crippen LogP contribution in [0.15, 0.2) is 35.5 Å². The van der Waals surface area contributed by atoms with Crippen molar-refractivity contribution in [2.75, 3.05) is 13.2 Å². The van der Waals surface area contributed by atoms with Crippen LogP contribution in [0.4, 0.5) is 0 Å². The zero-order valence-corrected chi connectivity index (χ0v) is 12.7. The normalized spacial score (nSPS) is 19.6. The number of rotatable bonds is 3. The summed E-state index contributed by atoms with van der Waals surface area (Å²) in [6.45, 7) is 1.23. The van der Waals surface area contributed by atoms with Gasteiger partial charge in [0.15, 0.2) is 0 Å². The van der Waals surface area contributed by atoms with Gasteiger partial charge in [0.05, 0.1) is 6.61 Å². The molecule has 2 heterocycles. The van der Waals surface area contributed by atoms with Gasteiger partial charge in [0.25, 0.3) is 14.2 Å². The van der Waals surface area contributed by atoms with Gasteiger partial charge in [-0.3, -0.25) is 4.57 Å². The minimum absolute atomic E-state index is 0.0126. The number of nitrogens with zero attached hydrogens (tertiary/aromatic N) is 3. The van der Waals surface area contributed by atoms with Crippen molar-refractivity contribution < 1.29 is 13.2 Å². The summed E-state index contributed by atoms with van der Waals surface area (Å²) in [4.78, 5) is 0. The first-order valence-electron chi connectivity index (χ1n) is 6.60. The van der Waals surface area contributed by atoms with Crippen LogP contribution in [0.5, 0.6) is 0 Å². The Hall–Kier alpha value is -1.44. The summed E-state index contributed by atoms with van der Waals surface area (Å²) in [7, 11) is 1.50. The molecule has 3 rings (SSSR count). The maximum Gasteiger partial charge on any atom is 0.297 e. The highest BCUT2D eigenvalue weighted by atomic mass is 35.7. The van der Waals surface area contributed by atoms with Gasteiger partial charge < -0.3 is 4.74 Å². The Balaban J connectivity index is 2.15. The van der Waals surface area contributed by atoms with E-state index in [0.29, 0.717) is 18.1 Å². The monoisotopic (exact) mass is 327 g/mol. The van der Waals surface area contributed by atoms with E-state index in [9.17, 15) is 8.42 Å². The molecule has 0 saturated carbocycles. The van der Waals surface area contributed by atoms with Crippen LogP contribution in [-0.4, -0.2) is 36.4 Å². The quantitative estimate of drug-likeness (QED) is 0.807. The van der Waals surface area contributed by atoms with Crippen LogP contribution in [0.3, 0.4) is 0 Å². The second-order valence-corrected chi connectivity index (χ2v) is 7.32. The highest BCUT2D eigenvalue weighted by Crippen LogP contribution is 2.29. The standard InChI is InChI=1S/C13H14ClN3O3S/c14-21(18,19)13-16-15-12(10-5-4-8-20-9-10)17(13)11-6-2-1-3-7-11/h1-3,6-7,10H,4-5,8-9H2. The van der Waals surface area contributed by atoms with Crippen LogP contribution >= 0.6 is 10.7 Å². The minimum Gasteiger partial charge on any atom is -0.381 e. The van der Waals surface area contributed by atoms with Gasteiger partial charge in [-0.05, 0) is 25.0 Å². The van der Waals surface area contributed by atoms with Crippen molar-refractivity contribution in [3.63, 3.8) is 0 Å². The summed E-state index contributed by atoms with van der Waals surface area (Å²) < 4.78 is 30.4. The average Bonchev–Trinajstić information content (AvgIpc) is 2.94. The molecule has 1 aromatic heterocycles. The summed E-state index contributed by atoms with van der Waals surface area (Å²) in [5, 5.41) is 7.57. The van der Waals surface area contributed by atoms with Gasteiger partial charge in [0, 0.05) is 28.9 Å². The summed E-state index contributed by atoms with van der Waals surface area (Å²) in [5.74, 6) is 0.582. The van der Waals surface area contributed by atoms with Gasteiger partial charge in [-0.15, -0.1) is 10.2 Å². The second kappa shape index (κ2) is 5.75. The first kappa shape index (κ1) is 14.5. The molecule has 21 heavy (non-hydrogen) atoms. The lowest BCUT2D eigenvalue weighted by molar-refractivity contribution is 0.0774. The van der Waals surface area contributed by atoms with Gasteiger partial charge in [-0.25, -0.2) is 8.42 Å². The Morgan fingerprint density at radius 1 is 1.24 bits per heavy atom. The molecule has 0 spiro atoms. The van der Waals surface area contributed by atoms with Crippen molar-refractivity contribution in [3.05, 3.63) is 36.2 Å². The molecular weight excluding hydrogens is 314 g/mol. The largest absolute Gasteiger partial charge is 0.381 e. The maximum absolute atomic E-state index is 11.7. The van der Waals surface area contributed by atoms with Crippen LogP contribution < -0.4 is 0 Å². The molecule has 1 fully saturated rings. The van der Waals surface area contributed by atoms with E-state index in [-0.39, 0.29) is 11.1 Å². The smallest absolute Gasteiger partial charge is 0.297 e. The lowest BCUT2D eigenvalue weighted by atomic mass is 10.0. The fourth-order valence-corrected chi connectivity index (χ4v) is 3.32. The molecule has 0 bridgehead atoms. The number of hydrogen-bond acceptors (Lipinski definition) is 5. The number of halogens is 1.